The van der Waals surface area contributed by atoms with Gasteiger partial charge in [0.25, 0.3) is 0 Å². The molecule has 3 N–H and O–H groups in total. The van der Waals surface area contributed by atoms with Gasteiger partial charge < -0.3 is 11.1 Å². The number of rotatable bonds is 11. The molecule has 0 aliphatic rings. The zero-order valence-corrected chi connectivity index (χ0v) is 13.6. The summed E-state index contributed by atoms with van der Waals surface area (Å²) in [5.74, 6) is 0.696. The highest BCUT2D eigenvalue weighted by molar-refractivity contribution is 8.55. The molecule has 0 aromatic rings. The van der Waals surface area contributed by atoms with Gasteiger partial charge in [0.05, 0.1) is 12.2 Å². The Hall–Kier alpha value is 0.420. The second kappa shape index (κ2) is 10.2. The minimum absolute atomic E-state index is 0.104. The highest BCUT2D eigenvalue weighted by Gasteiger charge is 2.28. The number of nitrogens with one attached hydrogen (secondary N) is 1. The SMILES string of the molecule is CC(C)OP(=O)(OC(C)C)SCCNCCCN. The fourth-order valence-electron chi connectivity index (χ4n) is 1.18. The average molecular weight is 298 g/mol. The van der Waals surface area contributed by atoms with Crippen LogP contribution in [-0.4, -0.2) is 37.6 Å². The van der Waals surface area contributed by atoms with E-state index >= 15 is 0 Å². The summed E-state index contributed by atoms with van der Waals surface area (Å²) in [6, 6.07) is 0. The van der Waals surface area contributed by atoms with Gasteiger partial charge in [0.1, 0.15) is 0 Å². The molecule has 0 amide bonds. The van der Waals surface area contributed by atoms with E-state index in [-0.39, 0.29) is 12.2 Å². The van der Waals surface area contributed by atoms with Gasteiger partial charge in [-0.15, -0.1) is 0 Å². The highest BCUT2D eigenvalue weighted by Crippen LogP contribution is 2.61. The third kappa shape index (κ3) is 10.4. The minimum atomic E-state index is -3.04. The van der Waals surface area contributed by atoms with Gasteiger partial charge >= 0.3 is 6.80 Å². The van der Waals surface area contributed by atoms with E-state index in [1.54, 1.807) is 0 Å². The van der Waals surface area contributed by atoms with Crippen LogP contribution in [0.25, 0.3) is 0 Å². The van der Waals surface area contributed by atoms with Crippen LogP contribution in [0.5, 0.6) is 0 Å². The molecule has 0 heterocycles. The van der Waals surface area contributed by atoms with Crippen LogP contribution in [0.15, 0.2) is 0 Å². The molecule has 0 saturated heterocycles. The van der Waals surface area contributed by atoms with Crippen LogP contribution in [0.4, 0.5) is 0 Å². The first-order valence-corrected chi connectivity index (χ1v) is 9.55. The molecule has 0 atom stereocenters. The maximum absolute atomic E-state index is 12.4. The molecule has 7 heteroatoms. The summed E-state index contributed by atoms with van der Waals surface area (Å²) >= 11 is 1.26. The van der Waals surface area contributed by atoms with Gasteiger partial charge in [-0.3, -0.25) is 9.05 Å². The monoisotopic (exact) mass is 298 g/mol. The molecule has 0 unspecified atom stereocenters. The summed E-state index contributed by atoms with van der Waals surface area (Å²) in [6.07, 6.45) is 0.743. The minimum Gasteiger partial charge on any atom is -0.330 e. The van der Waals surface area contributed by atoms with Gasteiger partial charge in [0.2, 0.25) is 0 Å². The van der Waals surface area contributed by atoms with Crippen molar-refractivity contribution in [3.05, 3.63) is 0 Å². The molecule has 0 radical (unpaired) electrons. The van der Waals surface area contributed by atoms with E-state index in [1.807, 2.05) is 27.7 Å². The lowest BCUT2D eigenvalue weighted by Gasteiger charge is -2.21. The topological polar surface area (TPSA) is 73.6 Å². The number of hydrogen-bond donors (Lipinski definition) is 2. The van der Waals surface area contributed by atoms with E-state index < -0.39 is 6.80 Å². The van der Waals surface area contributed by atoms with Crippen LogP contribution < -0.4 is 11.1 Å². The average Bonchev–Trinajstić information content (AvgIpc) is 2.20. The van der Waals surface area contributed by atoms with Crippen LogP contribution in [0, 0.1) is 0 Å². The Morgan fingerprint density at radius 3 is 2.17 bits per heavy atom. The van der Waals surface area contributed by atoms with Crippen molar-refractivity contribution in [3.8, 4) is 0 Å². The normalized spacial score (nSPS) is 12.6. The maximum atomic E-state index is 12.4. The molecule has 0 rings (SSSR count). The fraction of sp³-hybridized carbons (Fsp3) is 1.00. The van der Waals surface area contributed by atoms with Crippen molar-refractivity contribution in [2.75, 3.05) is 25.4 Å². The lowest BCUT2D eigenvalue weighted by atomic mass is 10.4. The standard InChI is InChI=1S/C11H27N2O3PS/c1-10(2)15-17(14,16-11(3)4)18-9-8-13-7-5-6-12/h10-11,13H,5-9,12H2,1-4H3. The van der Waals surface area contributed by atoms with E-state index in [9.17, 15) is 4.57 Å². The zero-order chi connectivity index (χ0) is 14.0. The molecular formula is C11H27N2O3PS. The van der Waals surface area contributed by atoms with Crippen LogP contribution in [0.1, 0.15) is 34.1 Å². The van der Waals surface area contributed by atoms with Gasteiger partial charge in [-0.25, -0.2) is 4.57 Å². The van der Waals surface area contributed by atoms with Gasteiger partial charge in [-0.2, -0.15) is 0 Å². The summed E-state index contributed by atoms with van der Waals surface area (Å²) in [6.45, 7) is 6.74. The Bertz CT molecular complexity index is 238. The van der Waals surface area contributed by atoms with Crippen LogP contribution in [-0.2, 0) is 13.6 Å². The maximum Gasteiger partial charge on any atom is 0.389 e. The van der Waals surface area contributed by atoms with Crippen molar-refractivity contribution in [2.45, 2.75) is 46.3 Å². The quantitative estimate of drug-likeness (QED) is 0.451. The first-order chi connectivity index (χ1) is 8.39. The zero-order valence-electron chi connectivity index (χ0n) is 11.8. The summed E-state index contributed by atoms with van der Waals surface area (Å²) in [4.78, 5) is 0. The van der Waals surface area contributed by atoms with Crippen molar-refractivity contribution >= 4 is 18.2 Å². The number of nitrogens with two attached hydrogens (primary N) is 1. The Kier molecular flexibility index (Phi) is 10.5. The first kappa shape index (κ1) is 18.4. The van der Waals surface area contributed by atoms with E-state index in [0.29, 0.717) is 12.3 Å². The van der Waals surface area contributed by atoms with E-state index in [4.69, 9.17) is 14.8 Å². The second-order valence-corrected chi connectivity index (χ2v) is 8.58. The predicted octanol–water partition coefficient (Wildman–Crippen LogP) is 2.62. The van der Waals surface area contributed by atoms with Crippen LogP contribution in [0.2, 0.25) is 0 Å². The smallest absolute Gasteiger partial charge is 0.330 e. The van der Waals surface area contributed by atoms with Gasteiger partial charge in [-0.1, -0.05) is 0 Å². The molecular weight excluding hydrogens is 271 g/mol. The van der Waals surface area contributed by atoms with Crippen LogP contribution >= 0.6 is 18.2 Å². The first-order valence-electron chi connectivity index (χ1n) is 6.42. The Morgan fingerprint density at radius 1 is 1.17 bits per heavy atom. The van der Waals surface area contributed by atoms with Crippen molar-refractivity contribution < 1.29 is 13.6 Å². The summed E-state index contributed by atoms with van der Waals surface area (Å²) < 4.78 is 23.2. The van der Waals surface area contributed by atoms with Gasteiger partial charge in [0.15, 0.2) is 0 Å². The lowest BCUT2D eigenvalue weighted by molar-refractivity contribution is 0.156. The third-order valence-corrected chi connectivity index (χ3v) is 5.84. The predicted molar refractivity (Wildman–Crippen MR) is 79.0 cm³/mol. The molecule has 0 bridgehead atoms. The Morgan fingerprint density at radius 2 is 1.72 bits per heavy atom. The van der Waals surface area contributed by atoms with Crippen LogP contribution in [0.3, 0.4) is 0 Å². The molecule has 0 aromatic carbocycles. The van der Waals surface area contributed by atoms with E-state index in [2.05, 4.69) is 5.32 Å². The fourth-order valence-corrected chi connectivity index (χ4v) is 5.19. The molecule has 5 nitrogen and oxygen atoms in total. The lowest BCUT2D eigenvalue weighted by Crippen LogP contribution is -2.21. The van der Waals surface area contributed by atoms with E-state index in [1.165, 1.54) is 11.4 Å². The molecule has 0 fully saturated rings. The summed E-state index contributed by atoms with van der Waals surface area (Å²) in [5, 5.41) is 3.23. The van der Waals surface area contributed by atoms with Gasteiger partial charge in [0, 0.05) is 12.3 Å². The van der Waals surface area contributed by atoms with E-state index in [0.717, 1.165) is 19.5 Å². The van der Waals surface area contributed by atoms with Crippen molar-refractivity contribution in [1.82, 2.24) is 5.32 Å². The largest absolute Gasteiger partial charge is 0.389 e. The second-order valence-electron chi connectivity index (χ2n) is 4.48. The Labute approximate surface area is 115 Å². The number of hydrogen-bond acceptors (Lipinski definition) is 6. The molecule has 0 aliphatic carbocycles. The summed E-state index contributed by atoms with van der Waals surface area (Å²) in [7, 11) is 0. The molecule has 0 saturated carbocycles. The highest BCUT2D eigenvalue weighted by atomic mass is 32.7. The molecule has 18 heavy (non-hydrogen) atoms. The Balaban J connectivity index is 3.97. The molecule has 0 spiro atoms. The summed E-state index contributed by atoms with van der Waals surface area (Å²) in [5.41, 5.74) is 5.39. The molecule has 0 aliphatic heterocycles. The van der Waals surface area contributed by atoms with Crippen molar-refractivity contribution in [3.63, 3.8) is 0 Å². The van der Waals surface area contributed by atoms with Crippen molar-refractivity contribution in [2.24, 2.45) is 5.73 Å². The van der Waals surface area contributed by atoms with Gasteiger partial charge in [-0.05, 0) is 58.6 Å². The molecule has 0 aromatic heterocycles. The molecule has 110 valence electrons. The van der Waals surface area contributed by atoms with Crippen molar-refractivity contribution in [1.29, 1.82) is 0 Å². The third-order valence-electron chi connectivity index (χ3n) is 1.77.